The summed E-state index contributed by atoms with van der Waals surface area (Å²) in [6.07, 6.45) is 5.53. The lowest BCUT2D eigenvalue weighted by Crippen LogP contribution is -2.02. The summed E-state index contributed by atoms with van der Waals surface area (Å²) in [6, 6.07) is 0. The van der Waals surface area contributed by atoms with Crippen molar-refractivity contribution in [1.82, 2.24) is 0 Å². The molecule has 0 heterocycles. The third-order valence-electron chi connectivity index (χ3n) is 2.21. The lowest BCUT2D eigenvalue weighted by molar-refractivity contribution is 0.0930. The summed E-state index contributed by atoms with van der Waals surface area (Å²) in [4.78, 5) is 0. The van der Waals surface area contributed by atoms with Gasteiger partial charge in [0.1, 0.15) is 0 Å². The second kappa shape index (κ2) is 14.9. The fourth-order valence-electron chi connectivity index (χ4n) is 1.31. The minimum atomic E-state index is 0.818. The summed E-state index contributed by atoms with van der Waals surface area (Å²) >= 11 is 0. The van der Waals surface area contributed by atoms with E-state index in [1.807, 2.05) is 6.92 Å². The summed E-state index contributed by atoms with van der Waals surface area (Å²) in [5.74, 6) is 0. The van der Waals surface area contributed by atoms with Crippen molar-refractivity contribution in [2.45, 2.75) is 46.0 Å². The number of rotatable bonds is 13. The molecule has 0 bridgehead atoms. The smallest absolute Gasteiger partial charge is 0.0466 e. The predicted octanol–water partition coefficient (Wildman–Crippen LogP) is 3.03. The molecule has 0 fully saturated rings. The number of hydrogen-bond acceptors (Lipinski definition) is 3. The standard InChI is InChI=1S/C13H28O3/c1-3-9-15-11-7-8-13-16-12-6-5-10-14-4-2/h3-13H2,1-2H3. The van der Waals surface area contributed by atoms with Crippen LogP contribution in [0.15, 0.2) is 0 Å². The molecular weight excluding hydrogens is 204 g/mol. The first kappa shape index (κ1) is 15.9. The Morgan fingerprint density at radius 1 is 0.562 bits per heavy atom. The van der Waals surface area contributed by atoms with E-state index in [1.165, 1.54) is 0 Å². The first-order chi connectivity index (χ1) is 7.91. The van der Waals surface area contributed by atoms with E-state index < -0.39 is 0 Å². The Balaban J connectivity index is 2.83. The molecule has 0 aliphatic rings. The van der Waals surface area contributed by atoms with Gasteiger partial charge in [-0.15, -0.1) is 0 Å². The van der Waals surface area contributed by atoms with Crippen LogP contribution >= 0.6 is 0 Å². The molecule has 0 atom stereocenters. The van der Waals surface area contributed by atoms with Gasteiger partial charge >= 0.3 is 0 Å². The molecule has 0 aromatic heterocycles. The summed E-state index contributed by atoms with van der Waals surface area (Å²) in [7, 11) is 0. The molecule has 0 radical (unpaired) electrons. The van der Waals surface area contributed by atoms with E-state index in [0.29, 0.717) is 0 Å². The fraction of sp³-hybridized carbons (Fsp3) is 1.00. The van der Waals surface area contributed by atoms with Gasteiger partial charge in [0.05, 0.1) is 0 Å². The van der Waals surface area contributed by atoms with Crippen LogP contribution in [0.4, 0.5) is 0 Å². The molecule has 16 heavy (non-hydrogen) atoms. The molecule has 0 amide bonds. The molecule has 0 N–H and O–H groups in total. The predicted molar refractivity (Wildman–Crippen MR) is 66.9 cm³/mol. The number of unbranched alkanes of at least 4 members (excludes halogenated alkanes) is 2. The molecular formula is C13H28O3. The van der Waals surface area contributed by atoms with Crippen LogP contribution in [-0.2, 0) is 14.2 Å². The maximum Gasteiger partial charge on any atom is 0.0466 e. The maximum atomic E-state index is 5.51. The summed E-state index contributed by atoms with van der Waals surface area (Å²) in [5.41, 5.74) is 0. The monoisotopic (exact) mass is 232 g/mol. The van der Waals surface area contributed by atoms with Crippen molar-refractivity contribution < 1.29 is 14.2 Å². The summed E-state index contributed by atoms with van der Waals surface area (Å²) in [5, 5.41) is 0. The molecule has 0 saturated heterocycles. The molecule has 0 rings (SSSR count). The number of ether oxygens (including phenoxy) is 3. The second-order valence-corrected chi connectivity index (χ2v) is 3.84. The Labute approximate surface area is 100 Å². The Morgan fingerprint density at radius 2 is 1.00 bits per heavy atom. The first-order valence-electron chi connectivity index (χ1n) is 6.65. The zero-order valence-electron chi connectivity index (χ0n) is 11.0. The Bertz CT molecular complexity index is 104. The highest BCUT2D eigenvalue weighted by atomic mass is 16.5. The van der Waals surface area contributed by atoms with Crippen molar-refractivity contribution in [3.63, 3.8) is 0 Å². The average Bonchev–Trinajstić information content (AvgIpc) is 2.31. The zero-order chi connectivity index (χ0) is 11.9. The maximum absolute atomic E-state index is 5.51. The van der Waals surface area contributed by atoms with Gasteiger partial charge in [0.2, 0.25) is 0 Å². The second-order valence-electron chi connectivity index (χ2n) is 3.84. The largest absolute Gasteiger partial charge is 0.382 e. The van der Waals surface area contributed by atoms with E-state index in [4.69, 9.17) is 14.2 Å². The Hall–Kier alpha value is -0.120. The highest BCUT2D eigenvalue weighted by molar-refractivity contribution is 4.41. The van der Waals surface area contributed by atoms with Crippen molar-refractivity contribution in [2.75, 3.05) is 39.6 Å². The molecule has 0 saturated carbocycles. The summed E-state index contributed by atoms with van der Waals surface area (Å²) < 4.78 is 16.1. The first-order valence-corrected chi connectivity index (χ1v) is 6.65. The van der Waals surface area contributed by atoms with E-state index in [0.717, 1.165) is 71.7 Å². The number of hydrogen-bond donors (Lipinski definition) is 0. The van der Waals surface area contributed by atoms with Gasteiger partial charge in [-0.3, -0.25) is 0 Å². The van der Waals surface area contributed by atoms with Gasteiger partial charge in [-0.25, -0.2) is 0 Å². The molecule has 0 spiro atoms. The van der Waals surface area contributed by atoms with Gasteiger partial charge in [-0.1, -0.05) is 6.92 Å². The van der Waals surface area contributed by atoms with Crippen molar-refractivity contribution in [3.8, 4) is 0 Å². The third-order valence-corrected chi connectivity index (χ3v) is 2.21. The van der Waals surface area contributed by atoms with Crippen LogP contribution in [0.25, 0.3) is 0 Å². The van der Waals surface area contributed by atoms with Crippen molar-refractivity contribution in [1.29, 1.82) is 0 Å². The van der Waals surface area contributed by atoms with Crippen LogP contribution in [-0.4, -0.2) is 39.6 Å². The minimum Gasteiger partial charge on any atom is -0.382 e. The fourth-order valence-corrected chi connectivity index (χ4v) is 1.31. The zero-order valence-corrected chi connectivity index (χ0v) is 11.0. The van der Waals surface area contributed by atoms with Gasteiger partial charge in [0, 0.05) is 39.6 Å². The molecule has 0 aliphatic heterocycles. The van der Waals surface area contributed by atoms with E-state index in [1.54, 1.807) is 0 Å². The van der Waals surface area contributed by atoms with Crippen molar-refractivity contribution in [3.05, 3.63) is 0 Å². The van der Waals surface area contributed by atoms with Crippen molar-refractivity contribution >= 4 is 0 Å². The van der Waals surface area contributed by atoms with Crippen LogP contribution in [0.3, 0.4) is 0 Å². The molecule has 0 unspecified atom stereocenters. The van der Waals surface area contributed by atoms with E-state index in [9.17, 15) is 0 Å². The molecule has 3 nitrogen and oxygen atoms in total. The van der Waals surface area contributed by atoms with Crippen LogP contribution in [0, 0.1) is 0 Å². The van der Waals surface area contributed by atoms with E-state index >= 15 is 0 Å². The van der Waals surface area contributed by atoms with Gasteiger partial charge < -0.3 is 14.2 Å². The van der Waals surface area contributed by atoms with Crippen LogP contribution < -0.4 is 0 Å². The van der Waals surface area contributed by atoms with E-state index in [-0.39, 0.29) is 0 Å². The molecule has 3 heteroatoms. The van der Waals surface area contributed by atoms with E-state index in [2.05, 4.69) is 6.92 Å². The molecule has 98 valence electrons. The third kappa shape index (κ3) is 13.9. The lowest BCUT2D eigenvalue weighted by Gasteiger charge is -2.05. The molecule has 0 aromatic carbocycles. The van der Waals surface area contributed by atoms with Crippen LogP contribution in [0.2, 0.25) is 0 Å². The van der Waals surface area contributed by atoms with Gasteiger partial charge in [0.25, 0.3) is 0 Å². The highest BCUT2D eigenvalue weighted by Gasteiger charge is 1.92. The lowest BCUT2D eigenvalue weighted by atomic mass is 10.3. The Morgan fingerprint density at radius 3 is 1.44 bits per heavy atom. The average molecular weight is 232 g/mol. The Kier molecular flexibility index (Phi) is 14.8. The van der Waals surface area contributed by atoms with Crippen molar-refractivity contribution in [2.24, 2.45) is 0 Å². The van der Waals surface area contributed by atoms with Crippen LogP contribution in [0.5, 0.6) is 0 Å². The summed E-state index contributed by atoms with van der Waals surface area (Å²) in [6.45, 7) is 9.33. The van der Waals surface area contributed by atoms with Gasteiger partial charge in [-0.2, -0.15) is 0 Å². The quantitative estimate of drug-likeness (QED) is 0.457. The van der Waals surface area contributed by atoms with Gasteiger partial charge in [0.15, 0.2) is 0 Å². The molecule has 0 aliphatic carbocycles. The van der Waals surface area contributed by atoms with Gasteiger partial charge in [-0.05, 0) is 39.0 Å². The normalized spacial score (nSPS) is 10.9. The minimum absolute atomic E-state index is 0.818. The van der Waals surface area contributed by atoms with Crippen LogP contribution in [0.1, 0.15) is 46.0 Å². The SMILES string of the molecule is CCCOCCCCOCCCCOCC. The topological polar surface area (TPSA) is 27.7 Å². The highest BCUT2D eigenvalue weighted by Crippen LogP contribution is 1.95. The molecule has 0 aromatic rings.